The van der Waals surface area contributed by atoms with Crippen LogP contribution < -0.4 is 11.1 Å². The van der Waals surface area contributed by atoms with Gasteiger partial charge in [-0.15, -0.1) is 0 Å². The van der Waals surface area contributed by atoms with E-state index in [4.69, 9.17) is 5.73 Å². The highest BCUT2D eigenvalue weighted by Crippen LogP contribution is 2.37. The average molecular weight is 176 g/mol. The number of benzene rings is 1. The summed E-state index contributed by atoms with van der Waals surface area (Å²) in [6, 6.07) is 8.44. The lowest BCUT2D eigenvalue weighted by Gasteiger charge is -2.16. The van der Waals surface area contributed by atoms with Crippen molar-refractivity contribution >= 4 is 5.69 Å². The highest BCUT2D eigenvalue weighted by molar-refractivity contribution is 5.49. The van der Waals surface area contributed by atoms with Gasteiger partial charge in [0.1, 0.15) is 0 Å². The van der Waals surface area contributed by atoms with Gasteiger partial charge < -0.3 is 11.1 Å². The summed E-state index contributed by atoms with van der Waals surface area (Å²) >= 11 is 0. The molecule has 0 radical (unpaired) electrons. The summed E-state index contributed by atoms with van der Waals surface area (Å²) in [5, 5.41) is 3.49. The lowest BCUT2D eigenvalue weighted by atomic mass is 10.2. The maximum Gasteiger partial charge on any atom is 0.0497 e. The summed E-state index contributed by atoms with van der Waals surface area (Å²) in [6.07, 6.45) is 2.41. The molecule has 1 aliphatic rings. The summed E-state index contributed by atoms with van der Waals surface area (Å²) in [5.41, 5.74) is 8.40. The highest BCUT2D eigenvalue weighted by atomic mass is 15.0. The Morgan fingerprint density at radius 1 is 1.46 bits per heavy atom. The van der Waals surface area contributed by atoms with Gasteiger partial charge in [-0.25, -0.2) is 0 Å². The zero-order valence-electron chi connectivity index (χ0n) is 8.01. The number of anilines is 1. The molecule has 1 aliphatic carbocycles. The van der Waals surface area contributed by atoms with Gasteiger partial charge in [0.2, 0.25) is 0 Å². The molecule has 0 heterocycles. The van der Waals surface area contributed by atoms with E-state index in [0.717, 1.165) is 6.54 Å². The van der Waals surface area contributed by atoms with E-state index in [-0.39, 0.29) is 5.54 Å². The van der Waals surface area contributed by atoms with Gasteiger partial charge in [-0.1, -0.05) is 12.1 Å². The predicted octanol–water partition coefficient (Wildman–Crippen LogP) is 1.90. The molecule has 0 spiro atoms. The van der Waals surface area contributed by atoms with Crippen molar-refractivity contribution in [2.75, 3.05) is 11.9 Å². The van der Waals surface area contributed by atoms with Crippen LogP contribution in [-0.4, -0.2) is 12.1 Å². The standard InChI is InChI=1S/C11H16N2/c1-9-3-2-4-10(7-9)13-11(8-12)5-6-11/h2-4,7,13H,5-6,8,12H2,1H3. The molecule has 2 rings (SSSR count). The Balaban J connectivity index is 2.09. The summed E-state index contributed by atoms with van der Waals surface area (Å²) in [4.78, 5) is 0. The van der Waals surface area contributed by atoms with Crippen LogP contribution >= 0.6 is 0 Å². The van der Waals surface area contributed by atoms with Gasteiger partial charge in [-0.2, -0.15) is 0 Å². The molecule has 3 N–H and O–H groups in total. The minimum atomic E-state index is 0.216. The van der Waals surface area contributed by atoms with Crippen LogP contribution in [0.1, 0.15) is 18.4 Å². The molecule has 70 valence electrons. The number of aryl methyl sites for hydroxylation is 1. The van der Waals surface area contributed by atoms with Crippen LogP contribution in [0.5, 0.6) is 0 Å². The van der Waals surface area contributed by atoms with Gasteiger partial charge in [0, 0.05) is 17.8 Å². The molecule has 0 saturated heterocycles. The Bertz CT molecular complexity index is 303. The molecule has 1 aromatic rings. The zero-order valence-corrected chi connectivity index (χ0v) is 8.01. The molecule has 0 bridgehead atoms. The van der Waals surface area contributed by atoms with Gasteiger partial charge in [0.05, 0.1) is 0 Å². The fourth-order valence-electron chi connectivity index (χ4n) is 1.56. The van der Waals surface area contributed by atoms with Crippen molar-refractivity contribution < 1.29 is 0 Å². The second-order valence-corrected chi connectivity index (χ2v) is 3.98. The fraction of sp³-hybridized carbons (Fsp3) is 0.455. The van der Waals surface area contributed by atoms with Gasteiger partial charge in [-0.3, -0.25) is 0 Å². The van der Waals surface area contributed by atoms with Crippen molar-refractivity contribution in [1.29, 1.82) is 0 Å². The second-order valence-electron chi connectivity index (χ2n) is 3.98. The molecule has 1 aromatic carbocycles. The molecule has 0 unspecified atom stereocenters. The molecule has 1 saturated carbocycles. The Hall–Kier alpha value is -1.02. The molecule has 0 amide bonds. The molecule has 0 aliphatic heterocycles. The van der Waals surface area contributed by atoms with Crippen molar-refractivity contribution in [3.63, 3.8) is 0 Å². The van der Waals surface area contributed by atoms with E-state index in [1.54, 1.807) is 0 Å². The van der Waals surface area contributed by atoms with Crippen LogP contribution in [0.3, 0.4) is 0 Å². The van der Waals surface area contributed by atoms with Crippen molar-refractivity contribution in [3.8, 4) is 0 Å². The SMILES string of the molecule is Cc1cccc(NC2(CN)CC2)c1. The number of nitrogens with two attached hydrogens (primary N) is 1. The molecule has 1 fully saturated rings. The minimum Gasteiger partial charge on any atom is -0.378 e. The van der Waals surface area contributed by atoms with Crippen molar-refractivity contribution in [1.82, 2.24) is 0 Å². The third-order valence-corrected chi connectivity index (χ3v) is 2.67. The monoisotopic (exact) mass is 176 g/mol. The lowest BCUT2D eigenvalue weighted by molar-refractivity contribution is 0.742. The number of rotatable bonds is 3. The largest absolute Gasteiger partial charge is 0.378 e. The van der Waals surface area contributed by atoms with Crippen molar-refractivity contribution in [2.24, 2.45) is 5.73 Å². The maximum atomic E-state index is 5.69. The van der Waals surface area contributed by atoms with Gasteiger partial charge in [0.25, 0.3) is 0 Å². The van der Waals surface area contributed by atoms with Crippen molar-refractivity contribution in [3.05, 3.63) is 29.8 Å². The number of nitrogens with one attached hydrogen (secondary N) is 1. The van der Waals surface area contributed by atoms with E-state index in [0.29, 0.717) is 0 Å². The third kappa shape index (κ3) is 1.83. The van der Waals surface area contributed by atoms with Crippen LogP contribution in [0, 0.1) is 6.92 Å². The molecule has 0 aromatic heterocycles. The first-order chi connectivity index (χ1) is 6.24. The topological polar surface area (TPSA) is 38.0 Å². The van der Waals surface area contributed by atoms with Crippen LogP contribution in [0.4, 0.5) is 5.69 Å². The quantitative estimate of drug-likeness (QED) is 0.738. The highest BCUT2D eigenvalue weighted by Gasteiger charge is 2.40. The van der Waals surface area contributed by atoms with E-state index in [9.17, 15) is 0 Å². The second kappa shape index (κ2) is 3.04. The molecule has 2 heteroatoms. The normalized spacial score (nSPS) is 18.3. The van der Waals surface area contributed by atoms with Crippen LogP contribution in [0.2, 0.25) is 0 Å². The lowest BCUT2D eigenvalue weighted by Crippen LogP contribution is -2.30. The summed E-state index contributed by atoms with van der Waals surface area (Å²) < 4.78 is 0. The Morgan fingerprint density at radius 3 is 2.77 bits per heavy atom. The smallest absolute Gasteiger partial charge is 0.0497 e. The van der Waals surface area contributed by atoms with Crippen molar-refractivity contribution in [2.45, 2.75) is 25.3 Å². The van der Waals surface area contributed by atoms with Gasteiger partial charge >= 0.3 is 0 Å². The van der Waals surface area contributed by atoms with Crippen LogP contribution in [-0.2, 0) is 0 Å². The fourth-order valence-corrected chi connectivity index (χ4v) is 1.56. The molecular weight excluding hydrogens is 160 g/mol. The minimum absolute atomic E-state index is 0.216. The van der Waals surface area contributed by atoms with E-state index < -0.39 is 0 Å². The number of hydrogen-bond donors (Lipinski definition) is 2. The first-order valence-corrected chi connectivity index (χ1v) is 4.79. The first kappa shape index (κ1) is 8.57. The van der Waals surface area contributed by atoms with E-state index >= 15 is 0 Å². The molecule has 0 atom stereocenters. The Kier molecular flexibility index (Phi) is 2.00. The van der Waals surface area contributed by atoms with Gasteiger partial charge in [0.15, 0.2) is 0 Å². The molecule has 13 heavy (non-hydrogen) atoms. The van der Waals surface area contributed by atoms with E-state index in [1.165, 1.54) is 24.1 Å². The zero-order chi connectivity index (χ0) is 9.31. The summed E-state index contributed by atoms with van der Waals surface area (Å²) in [7, 11) is 0. The van der Waals surface area contributed by atoms with E-state index in [1.807, 2.05) is 0 Å². The third-order valence-electron chi connectivity index (χ3n) is 2.67. The number of hydrogen-bond acceptors (Lipinski definition) is 2. The summed E-state index contributed by atoms with van der Waals surface area (Å²) in [6.45, 7) is 2.84. The van der Waals surface area contributed by atoms with Crippen LogP contribution in [0.25, 0.3) is 0 Å². The first-order valence-electron chi connectivity index (χ1n) is 4.79. The maximum absolute atomic E-state index is 5.69. The van der Waals surface area contributed by atoms with Crippen LogP contribution in [0.15, 0.2) is 24.3 Å². The van der Waals surface area contributed by atoms with E-state index in [2.05, 4.69) is 36.5 Å². The summed E-state index contributed by atoms with van der Waals surface area (Å²) in [5.74, 6) is 0. The average Bonchev–Trinajstić information content (AvgIpc) is 2.86. The molecule has 2 nitrogen and oxygen atoms in total. The Morgan fingerprint density at radius 2 is 2.23 bits per heavy atom. The molecular formula is C11H16N2. The van der Waals surface area contributed by atoms with Gasteiger partial charge in [-0.05, 0) is 37.5 Å². The Labute approximate surface area is 79.1 Å². The predicted molar refractivity (Wildman–Crippen MR) is 55.8 cm³/mol.